The molecule has 9 nitrogen and oxygen atoms in total. The van der Waals surface area contributed by atoms with E-state index < -0.39 is 5.41 Å². The lowest BCUT2D eigenvalue weighted by atomic mass is 9.84. The van der Waals surface area contributed by atoms with Crippen LogP contribution in [0.5, 0.6) is 0 Å². The summed E-state index contributed by atoms with van der Waals surface area (Å²) in [7, 11) is 0. The number of benzene rings is 1. The molecule has 2 atom stereocenters. The summed E-state index contributed by atoms with van der Waals surface area (Å²) < 4.78 is 13.4. The molecule has 0 radical (unpaired) electrons. The maximum atomic E-state index is 12.7. The molecule has 2 N–H and O–H groups in total. The molecule has 1 aromatic heterocycles. The van der Waals surface area contributed by atoms with Crippen molar-refractivity contribution in [2.75, 3.05) is 50.9 Å². The standard InChI is InChI=1S/C26H32N6O3/c27-25(33)26(7-9-30-10-13-34-14-11-30)16-20-17-28-21-15-19(4-5-23(21)31(20)18-26)22-6-8-29-32(22)24-3-1-2-12-35-24/h4-6,8,15-17,24H,1-3,7,9-14,18H2,(H2,27,33). The second-order valence-corrected chi connectivity index (χ2v) is 9.82. The van der Waals surface area contributed by atoms with Crippen LogP contribution in [0.3, 0.4) is 0 Å². The third-order valence-electron chi connectivity index (χ3n) is 7.64. The van der Waals surface area contributed by atoms with Crippen LogP contribution in [0.25, 0.3) is 11.3 Å². The molecule has 0 aliphatic carbocycles. The third kappa shape index (κ3) is 4.17. The molecule has 4 aliphatic rings. The number of rotatable bonds is 6. The number of hydrogen-bond donors (Lipinski definition) is 1. The Morgan fingerprint density at radius 2 is 2.06 bits per heavy atom. The average Bonchev–Trinajstić information content (AvgIpc) is 3.54. The van der Waals surface area contributed by atoms with Crippen molar-refractivity contribution in [3.63, 3.8) is 0 Å². The summed E-state index contributed by atoms with van der Waals surface area (Å²) in [6.45, 7) is 5.40. The summed E-state index contributed by atoms with van der Waals surface area (Å²) in [4.78, 5) is 22.0. The van der Waals surface area contributed by atoms with E-state index in [1.54, 1.807) is 0 Å². The SMILES string of the molecule is NC(=O)C1(CCN2CCOCC2)C=C2C=Nc3cc(-c4ccnn4C4CCCCO4)ccc3N2C1. The van der Waals surface area contributed by atoms with Crippen LogP contribution in [0, 0.1) is 5.41 Å². The number of ether oxygens (including phenoxy) is 2. The molecule has 4 aliphatic heterocycles. The van der Waals surface area contributed by atoms with E-state index in [1.807, 2.05) is 29.2 Å². The molecule has 0 bridgehead atoms. The van der Waals surface area contributed by atoms with Crippen molar-refractivity contribution >= 4 is 23.5 Å². The summed E-state index contributed by atoms with van der Waals surface area (Å²) in [6.07, 6.45) is 9.58. The fraction of sp³-hybridized carbons (Fsp3) is 0.500. The molecule has 2 aromatic rings. The molecule has 9 heteroatoms. The number of fused-ring (bicyclic) bond motifs is 3. The van der Waals surface area contributed by atoms with Crippen LogP contribution in [0.4, 0.5) is 11.4 Å². The van der Waals surface area contributed by atoms with E-state index in [0.29, 0.717) is 13.0 Å². The molecule has 0 saturated carbocycles. The molecule has 6 rings (SSSR count). The number of aromatic nitrogens is 2. The highest BCUT2D eigenvalue weighted by Crippen LogP contribution is 2.44. The molecule has 1 aromatic carbocycles. The first-order valence-electron chi connectivity index (χ1n) is 12.6. The highest BCUT2D eigenvalue weighted by molar-refractivity contribution is 5.99. The van der Waals surface area contributed by atoms with E-state index in [4.69, 9.17) is 20.2 Å². The molecular weight excluding hydrogens is 444 g/mol. The van der Waals surface area contributed by atoms with Gasteiger partial charge >= 0.3 is 0 Å². The lowest BCUT2D eigenvalue weighted by Crippen LogP contribution is -2.45. The van der Waals surface area contributed by atoms with Gasteiger partial charge in [0.2, 0.25) is 5.91 Å². The number of nitrogens with zero attached hydrogens (tertiary/aromatic N) is 5. The lowest BCUT2D eigenvalue weighted by Gasteiger charge is -2.32. The van der Waals surface area contributed by atoms with Crippen molar-refractivity contribution < 1.29 is 14.3 Å². The van der Waals surface area contributed by atoms with Crippen molar-refractivity contribution in [2.45, 2.75) is 31.9 Å². The van der Waals surface area contributed by atoms with Crippen LogP contribution < -0.4 is 10.6 Å². The number of nitrogens with two attached hydrogens (primary N) is 1. The van der Waals surface area contributed by atoms with Gasteiger partial charge in [-0.3, -0.25) is 14.7 Å². The van der Waals surface area contributed by atoms with Gasteiger partial charge in [0.05, 0.1) is 47.6 Å². The number of hydrogen-bond acceptors (Lipinski definition) is 7. The number of aliphatic imine (C=N–C) groups is 1. The average molecular weight is 477 g/mol. The maximum absolute atomic E-state index is 12.7. The Balaban J connectivity index is 1.24. The number of morpholine rings is 1. The highest BCUT2D eigenvalue weighted by Gasteiger charge is 2.44. The van der Waals surface area contributed by atoms with E-state index in [0.717, 1.165) is 87.0 Å². The molecule has 184 valence electrons. The quantitative estimate of drug-likeness (QED) is 0.689. The number of primary amides is 1. The number of carbonyl (C=O) groups is 1. The minimum atomic E-state index is -0.711. The van der Waals surface area contributed by atoms with Gasteiger partial charge in [-0.05, 0) is 56.5 Å². The van der Waals surface area contributed by atoms with Gasteiger partial charge in [-0.1, -0.05) is 6.07 Å². The molecule has 5 heterocycles. The van der Waals surface area contributed by atoms with Gasteiger partial charge in [0, 0.05) is 38.0 Å². The zero-order valence-corrected chi connectivity index (χ0v) is 19.9. The van der Waals surface area contributed by atoms with E-state index in [2.05, 4.69) is 33.1 Å². The maximum Gasteiger partial charge on any atom is 0.229 e. The van der Waals surface area contributed by atoms with Crippen molar-refractivity contribution in [1.82, 2.24) is 14.7 Å². The molecule has 2 fully saturated rings. The summed E-state index contributed by atoms with van der Waals surface area (Å²) in [5.74, 6) is -0.282. The molecule has 2 unspecified atom stereocenters. The highest BCUT2D eigenvalue weighted by atomic mass is 16.5. The number of carbonyl (C=O) groups excluding carboxylic acids is 1. The zero-order chi connectivity index (χ0) is 23.8. The van der Waals surface area contributed by atoms with Crippen molar-refractivity contribution in [1.29, 1.82) is 0 Å². The summed E-state index contributed by atoms with van der Waals surface area (Å²) in [5, 5.41) is 4.55. The first-order chi connectivity index (χ1) is 17.1. The summed E-state index contributed by atoms with van der Waals surface area (Å²) >= 11 is 0. The van der Waals surface area contributed by atoms with Crippen molar-refractivity contribution in [3.05, 3.63) is 42.2 Å². The van der Waals surface area contributed by atoms with Gasteiger partial charge in [-0.2, -0.15) is 5.10 Å². The number of amides is 1. The normalized spacial score (nSPS) is 26.3. The molecule has 2 saturated heterocycles. The van der Waals surface area contributed by atoms with Crippen LogP contribution >= 0.6 is 0 Å². The minimum Gasteiger partial charge on any atom is -0.379 e. The Labute approximate surface area is 205 Å². The van der Waals surface area contributed by atoms with E-state index in [-0.39, 0.29) is 12.1 Å². The molecule has 0 spiro atoms. The first-order valence-corrected chi connectivity index (χ1v) is 12.6. The minimum absolute atomic E-state index is 0.0240. The fourth-order valence-electron chi connectivity index (χ4n) is 5.56. The van der Waals surface area contributed by atoms with Crippen LogP contribution in [0.2, 0.25) is 0 Å². The topological polar surface area (TPSA) is 98.2 Å². The molecule has 1 amide bonds. The van der Waals surface area contributed by atoms with E-state index in [9.17, 15) is 4.79 Å². The van der Waals surface area contributed by atoms with E-state index in [1.165, 1.54) is 0 Å². The zero-order valence-electron chi connectivity index (χ0n) is 19.9. The fourth-order valence-corrected chi connectivity index (χ4v) is 5.56. The third-order valence-corrected chi connectivity index (χ3v) is 7.64. The van der Waals surface area contributed by atoms with Gasteiger partial charge in [0.15, 0.2) is 6.23 Å². The number of allylic oxidation sites excluding steroid dienone is 1. The van der Waals surface area contributed by atoms with Gasteiger partial charge in [-0.15, -0.1) is 0 Å². The van der Waals surface area contributed by atoms with Crippen molar-refractivity contribution in [3.8, 4) is 11.3 Å². The Morgan fingerprint density at radius 1 is 1.17 bits per heavy atom. The predicted molar refractivity (Wildman–Crippen MR) is 134 cm³/mol. The first kappa shape index (κ1) is 22.5. The Morgan fingerprint density at radius 3 is 2.86 bits per heavy atom. The second kappa shape index (κ2) is 9.22. The van der Waals surface area contributed by atoms with Crippen LogP contribution in [0.15, 0.2) is 47.2 Å². The predicted octanol–water partition coefficient (Wildman–Crippen LogP) is 2.86. The second-order valence-electron chi connectivity index (χ2n) is 9.82. The summed E-state index contributed by atoms with van der Waals surface area (Å²) in [6, 6.07) is 8.31. The van der Waals surface area contributed by atoms with Gasteiger partial charge in [0.1, 0.15) is 0 Å². The Hall–Kier alpha value is -3.01. The van der Waals surface area contributed by atoms with Gasteiger partial charge in [0.25, 0.3) is 0 Å². The number of anilines is 1. The van der Waals surface area contributed by atoms with Gasteiger partial charge in [-0.25, -0.2) is 4.68 Å². The van der Waals surface area contributed by atoms with Crippen LogP contribution in [0.1, 0.15) is 31.9 Å². The Bertz CT molecular complexity index is 1160. The molecule has 35 heavy (non-hydrogen) atoms. The monoisotopic (exact) mass is 476 g/mol. The van der Waals surface area contributed by atoms with Gasteiger partial charge < -0.3 is 20.1 Å². The van der Waals surface area contributed by atoms with Crippen LogP contribution in [-0.2, 0) is 14.3 Å². The van der Waals surface area contributed by atoms with Crippen molar-refractivity contribution in [2.24, 2.45) is 16.1 Å². The Kier molecular flexibility index (Phi) is 5.91. The smallest absolute Gasteiger partial charge is 0.229 e. The molecular formula is C26H32N6O3. The van der Waals surface area contributed by atoms with E-state index >= 15 is 0 Å². The largest absolute Gasteiger partial charge is 0.379 e. The lowest BCUT2D eigenvalue weighted by molar-refractivity contribution is -0.125. The summed E-state index contributed by atoms with van der Waals surface area (Å²) in [5.41, 5.74) is 10.2. The van der Waals surface area contributed by atoms with Crippen LogP contribution in [-0.4, -0.2) is 72.8 Å².